The minimum atomic E-state index is -0.804. The number of carboxylic acid groups (broad SMARTS) is 1. The molecular formula is C20H27BrN2O3. The van der Waals surface area contributed by atoms with E-state index in [1.165, 1.54) is 0 Å². The summed E-state index contributed by atoms with van der Waals surface area (Å²) in [6.45, 7) is 7.71. The van der Waals surface area contributed by atoms with Crippen molar-refractivity contribution in [3.8, 4) is 5.75 Å². The van der Waals surface area contributed by atoms with Crippen molar-refractivity contribution in [1.82, 2.24) is 9.78 Å². The monoisotopic (exact) mass is 422 g/mol. The number of ether oxygens (including phenoxy) is 1. The number of aliphatic carboxylic acids is 1. The molecule has 0 amide bonds. The number of carbonyl (C=O) groups is 1. The van der Waals surface area contributed by atoms with E-state index in [4.69, 9.17) is 9.84 Å². The highest BCUT2D eigenvalue weighted by atomic mass is 79.9. The number of aryl methyl sites for hydroxylation is 2. The number of nitrogens with zero attached hydrogens (tertiary/aromatic N) is 2. The Hall–Kier alpha value is -1.82. The van der Waals surface area contributed by atoms with E-state index in [2.05, 4.69) is 40.9 Å². The summed E-state index contributed by atoms with van der Waals surface area (Å²) in [6, 6.07) is 7.97. The highest BCUT2D eigenvalue weighted by Crippen LogP contribution is 2.25. The van der Waals surface area contributed by atoms with Gasteiger partial charge in [0.25, 0.3) is 0 Å². The summed E-state index contributed by atoms with van der Waals surface area (Å²) in [6.07, 6.45) is 2.73. The third-order valence-corrected chi connectivity index (χ3v) is 5.03. The molecule has 1 N–H and O–H groups in total. The smallest absolute Gasteiger partial charge is 0.303 e. The van der Waals surface area contributed by atoms with Crippen LogP contribution in [0.25, 0.3) is 0 Å². The second-order valence-corrected chi connectivity index (χ2v) is 7.65. The molecule has 0 aliphatic carbocycles. The summed E-state index contributed by atoms with van der Waals surface area (Å²) in [5.74, 6) is 0.721. The number of rotatable bonds is 10. The van der Waals surface area contributed by atoms with E-state index in [9.17, 15) is 4.79 Å². The summed E-state index contributed by atoms with van der Waals surface area (Å²) in [4.78, 5) is 10.8. The molecule has 142 valence electrons. The molecule has 0 spiro atoms. The second-order valence-electron chi connectivity index (χ2n) is 6.73. The quantitative estimate of drug-likeness (QED) is 0.594. The molecule has 1 atom stereocenters. The first-order valence-electron chi connectivity index (χ1n) is 9.05. The van der Waals surface area contributed by atoms with Crippen LogP contribution in [0.5, 0.6) is 5.75 Å². The summed E-state index contributed by atoms with van der Waals surface area (Å²) in [5, 5.41) is 13.4. The maximum Gasteiger partial charge on any atom is 0.303 e. The van der Waals surface area contributed by atoms with Crippen LogP contribution in [0.15, 0.2) is 28.7 Å². The third kappa shape index (κ3) is 6.16. The molecule has 1 aromatic heterocycles. The lowest BCUT2D eigenvalue weighted by Crippen LogP contribution is -2.09. The number of halogens is 1. The highest BCUT2D eigenvalue weighted by Gasteiger charge is 2.11. The molecule has 0 saturated heterocycles. The van der Waals surface area contributed by atoms with E-state index in [1.807, 2.05) is 29.8 Å². The zero-order chi connectivity index (χ0) is 19.1. The summed E-state index contributed by atoms with van der Waals surface area (Å²) in [7, 11) is 0. The van der Waals surface area contributed by atoms with Crippen molar-refractivity contribution >= 4 is 21.9 Å². The minimum Gasteiger partial charge on any atom is -0.493 e. The van der Waals surface area contributed by atoms with Crippen LogP contribution < -0.4 is 4.74 Å². The standard InChI is InChI=1S/C20H27BrN2O3/c1-4-14(2)9-10-26-19-7-5-17(21)12-16(19)13-23-15(3)11-18(22-23)6-8-20(24)25/h5,7,11-12,14H,4,6,8-10,13H2,1-3H3,(H,24,25). The Kier molecular flexibility index (Phi) is 7.69. The molecule has 2 rings (SSSR count). The van der Waals surface area contributed by atoms with E-state index in [-0.39, 0.29) is 6.42 Å². The van der Waals surface area contributed by atoms with Crippen molar-refractivity contribution in [3.63, 3.8) is 0 Å². The van der Waals surface area contributed by atoms with Gasteiger partial charge in [-0.25, -0.2) is 0 Å². The topological polar surface area (TPSA) is 64.4 Å². The molecule has 1 unspecified atom stereocenters. The average molecular weight is 423 g/mol. The molecule has 26 heavy (non-hydrogen) atoms. The van der Waals surface area contributed by atoms with Crippen LogP contribution in [0.4, 0.5) is 0 Å². The van der Waals surface area contributed by atoms with Crippen LogP contribution in [-0.4, -0.2) is 27.5 Å². The predicted octanol–water partition coefficient (Wildman–Crippen LogP) is 4.83. The fourth-order valence-corrected chi connectivity index (χ4v) is 3.05. The number of benzene rings is 1. The van der Waals surface area contributed by atoms with Gasteiger partial charge in [-0.2, -0.15) is 5.10 Å². The predicted molar refractivity (Wildman–Crippen MR) is 106 cm³/mol. The summed E-state index contributed by atoms with van der Waals surface area (Å²) < 4.78 is 8.92. The van der Waals surface area contributed by atoms with Gasteiger partial charge < -0.3 is 9.84 Å². The van der Waals surface area contributed by atoms with Crippen molar-refractivity contribution in [2.45, 2.75) is 53.0 Å². The Balaban J connectivity index is 2.10. The van der Waals surface area contributed by atoms with Gasteiger partial charge in [0.15, 0.2) is 0 Å². The number of hydrogen-bond acceptors (Lipinski definition) is 3. The number of carboxylic acids is 1. The largest absolute Gasteiger partial charge is 0.493 e. The molecule has 0 fully saturated rings. The summed E-state index contributed by atoms with van der Waals surface area (Å²) >= 11 is 3.53. The Morgan fingerprint density at radius 1 is 1.38 bits per heavy atom. The minimum absolute atomic E-state index is 0.0946. The first kappa shape index (κ1) is 20.5. The molecule has 0 bridgehead atoms. The van der Waals surface area contributed by atoms with Gasteiger partial charge in [-0.05, 0) is 43.5 Å². The molecule has 1 heterocycles. The zero-order valence-corrected chi connectivity index (χ0v) is 17.3. The van der Waals surface area contributed by atoms with Crippen molar-refractivity contribution in [1.29, 1.82) is 0 Å². The van der Waals surface area contributed by atoms with Gasteiger partial charge in [0.2, 0.25) is 0 Å². The van der Waals surface area contributed by atoms with Gasteiger partial charge in [0, 0.05) is 22.2 Å². The average Bonchev–Trinajstić information content (AvgIpc) is 2.94. The Morgan fingerprint density at radius 2 is 2.15 bits per heavy atom. The maximum atomic E-state index is 10.8. The Labute approximate surface area is 163 Å². The zero-order valence-electron chi connectivity index (χ0n) is 15.7. The molecule has 0 radical (unpaired) electrons. The van der Waals surface area contributed by atoms with E-state index in [1.54, 1.807) is 0 Å². The van der Waals surface area contributed by atoms with Gasteiger partial charge in [0.1, 0.15) is 5.75 Å². The lowest BCUT2D eigenvalue weighted by atomic mass is 10.1. The van der Waals surface area contributed by atoms with Crippen LogP contribution in [0, 0.1) is 12.8 Å². The van der Waals surface area contributed by atoms with Gasteiger partial charge >= 0.3 is 5.97 Å². The lowest BCUT2D eigenvalue weighted by Gasteiger charge is -2.14. The van der Waals surface area contributed by atoms with E-state index < -0.39 is 5.97 Å². The van der Waals surface area contributed by atoms with Crippen LogP contribution >= 0.6 is 15.9 Å². The first-order chi connectivity index (χ1) is 12.4. The Bertz CT molecular complexity index is 743. The van der Waals surface area contributed by atoms with Crippen LogP contribution in [-0.2, 0) is 17.8 Å². The first-order valence-corrected chi connectivity index (χ1v) is 9.84. The molecule has 0 aliphatic rings. The molecular weight excluding hydrogens is 396 g/mol. The van der Waals surface area contributed by atoms with Crippen molar-refractivity contribution < 1.29 is 14.6 Å². The van der Waals surface area contributed by atoms with Gasteiger partial charge in [-0.1, -0.05) is 36.2 Å². The van der Waals surface area contributed by atoms with E-state index in [0.717, 1.165) is 40.0 Å². The number of hydrogen-bond donors (Lipinski definition) is 1. The van der Waals surface area contributed by atoms with Crippen LogP contribution in [0.1, 0.15) is 50.1 Å². The maximum absolute atomic E-state index is 10.8. The van der Waals surface area contributed by atoms with Crippen molar-refractivity contribution in [2.24, 2.45) is 5.92 Å². The van der Waals surface area contributed by atoms with Crippen LogP contribution in [0.3, 0.4) is 0 Å². The molecule has 0 saturated carbocycles. The SMILES string of the molecule is CCC(C)CCOc1ccc(Br)cc1Cn1nc(CCC(=O)O)cc1C. The molecule has 6 heteroatoms. The van der Waals surface area contributed by atoms with Gasteiger partial charge in [-0.15, -0.1) is 0 Å². The van der Waals surface area contributed by atoms with E-state index >= 15 is 0 Å². The Morgan fingerprint density at radius 3 is 2.85 bits per heavy atom. The fraction of sp³-hybridized carbons (Fsp3) is 0.500. The highest BCUT2D eigenvalue weighted by molar-refractivity contribution is 9.10. The normalized spacial score (nSPS) is 12.2. The molecule has 2 aromatic rings. The second kappa shape index (κ2) is 9.76. The number of aromatic nitrogens is 2. The van der Waals surface area contributed by atoms with E-state index in [0.29, 0.717) is 25.5 Å². The summed E-state index contributed by atoms with van der Waals surface area (Å²) in [5.41, 5.74) is 2.87. The van der Waals surface area contributed by atoms with Crippen molar-refractivity contribution in [2.75, 3.05) is 6.61 Å². The van der Waals surface area contributed by atoms with Crippen LogP contribution in [0.2, 0.25) is 0 Å². The van der Waals surface area contributed by atoms with Crippen molar-refractivity contribution in [3.05, 3.63) is 45.7 Å². The fourth-order valence-electron chi connectivity index (χ4n) is 2.64. The molecule has 1 aromatic carbocycles. The lowest BCUT2D eigenvalue weighted by molar-refractivity contribution is -0.136. The third-order valence-electron chi connectivity index (χ3n) is 4.53. The molecule has 0 aliphatic heterocycles. The van der Waals surface area contributed by atoms with Gasteiger partial charge in [0.05, 0.1) is 25.3 Å². The van der Waals surface area contributed by atoms with Gasteiger partial charge in [-0.3, -0.25) is 9.48 Å². The molecule has 5 nitrogen and oxygen atoms in total.